The van der Waals surface area contributed by atoms with Gasteiger partial charge in [-0.15, -0.1) is 0 Å². The average Bonchev–Trinajstić information content (AvgIpc) is 2.61. The SMILES string of the molecule is CC1CCCN(CC(=O)Nc2cc(N3CCCC(C)C3)ccc2[N+](=O)[O-])C1. The lowest BCUT2D eigenvalue weighted by Crippen LogP contribution is -2.39. The minimum Gasteiger partial charge on any atom is -0.371 e. The van der Waals surface area contributed by atoms with E-state index < -0.39 is 4.92 Å². The molecule has 0 saturated carbocycles. The Morgan fingerprint density at radius 2 is 1.89 bits per heavy atom. The number of nitrogens with one attached hydrogen (secondary N) is 1. The van der Waals surface area contributed by atoms with E-state index in [1.54, 1.807) is 12.1 Å². The number of benzene rings is 1. The molecule has 2 atom stereocenters. The number of nitro benzene ring substituents is 1. The van der Waals surface area contributed by atoms with Crippen molar-refractivity contribution in [2.45, 2.75) is 39.5 Å². The minimum atomic E-state index is -0.429. The molecule has 2 unspecified atom stereocenters. The van der Waals surface area contributed by atoms with Gasteiger partial charge >= 0.3 is 0 Å². The lowest BCUT2D eigenvalue weighted by atomic mass is 9.99. The molecule has 2 saturated heterocycles. The van der Waals surface area contributed by atoms with Crippen LogP contribution in [0, 0.1) is 22.0 Å². The third-order valence-corrected chi connectivity index (χ3v) is 5.58. The van der Waals surface area contributed by atoms with Gasteiger partial charge in [0.1, 0.15) is 5.69 Å². The zero-order valence-corrected chi connectivity index (χ0v) is 16.3. The molecule has 0 spiro atoms. The minimum absolute atomic E-state index is 0.0517. The Labute approximate surface area is 160 Å². The third kappa shape index (κ3) is 5.19. The summed E-state index contributed by atoms with van der Waals surface area (Å²) in [5.74, 6) is 1.01. The van der Waals surface area contributed by atoms with Crippen LogP contribution in [-0.4, -0.2) is 48.5 Å². The fourth-order valence-electron chi connectivity index (χ4n) is 4.23. The van der Waals surface area contributed by atoms with E-state index in [0.29, 0.717) is 17.5 Å². The van der Waals surface area contributed by atoms with Gasteiger partial charge in [-0.05, 0) is 56.2 Å². The quantitative estimate of drug-likeness (QED) is 0.630. The van der Waals surface area contributed by atoms with E-state index in [1.165, 1.54) is 18.9 Å². The number of hydrogen-bond acceptors (Lipinski definition) is 5. The van der Waals surface area contributed by atoms with Gasteiger partial charge in [0, 0.05) is 31.4 Å². The van der Waals surface area contributed by atoms with E-state index in [9.17, 15) is 14.9 Å². The Balaban J connectivity index is 1.72. The molecule has 2 aliphatic heterocycles. The fourth-order valence-corrected chi connectivity index (χ4v) is 4.23. The summed E-state index contributed by atoms with van der Waals surface area (Å²) in [6.45, 7) is 8.40. The van der Waals surface area contributed by atoms with Gasteiger partial charge in [-0.1, -0.05) is 13.8 Å². The Bertz CT molecular complexity index is 694. The van der Waals surface area contributed by atoms with E-state index in [4.69, 9.17) is 0 Å². The maximum atomic E-state index is 12.5. The predicted molar refractivity (Wildman–Crippen MR) is 107 cm³/mol. The van der Waals surface area contributed by atoms with E-state index in [1.807, 2.05) is 0 Å². The highest BCUT2D eigenvalue weighted by Crippen LogP contribution is 2.31. The summed E-state index contributed by atoms with van der Waals surface area (Å²) in [6.07, 6.45) is 4.62. The number of carbonyl (C=O) groups is 1. The molecule has 2 fully saturated rings. The van der Waals surface area contributed by atoms with Gasteiger partial charge < -0.3 is 10.2 Å². The number of anilines is 2. The van der Waals surface area contributed by atoms with E-state index in [0.717, 1.165) is 44.7 Å². The van der Waals surface area contributed by atoms with Crippen LogP contribution in [0.15, 0.2) is 18.2 Å². The molecule has 0 bridgehead atoms. The predicted octanol–water partition coefficient (Wildman–Crippen LogP) is 3.50. The molecule has 7 heteroatoms. The highest BCUT2D eigenvalue weighted by atomic mass is 16.6. The zero-order valence-electron chi connectivity index (χ0n) is 16.3. The average molecular weight is 374 g/mol. The molecule has 0 radical (unpaired) electrons. The largest absolute Gasteiger partial charge is 0.371 e. The van der Waals surface area contributed by atoms with Gasteiger partial charge in [-0.3, -0.25) is 19.8 Å². The molecular formula is C20H30N4O3. The first-order valence-electron chi connectivity index (χ1n) is 9.98. The number of amides is 1. The van der Waals surface area contributed by atoms with Crippen molar-refractivity contribution in [1.29, 1.82) is 0 Å². The summed E-state index contributed by atoms with van der Waals surface area (Å²) < 4.78 is 0. The van der Waals surface area contributed by atoms with Crippen LogP contribution >= 0.6 is 0 Å². The summed E-state index contributed by atoms with van der Waals surface area (Å²) in [7, 11) is 0. The summed E-state index contributed by atoms with van der Waals surface area (Å²) in [4.78, 5) is 27.9. The second-order valence-corrected chi connectivity index (χ2v) is 8.18. The molecule has 1 aromatic carbocycles. The van der Waals surface area contributed by atoms with Gasteiger partial charge in [0.05, 0.1) is 11.5 Å². The van der Waals surface area contributed by atoms with Gasteiger partial charge in [0.2, 0.25) is 5.91 Å². The van der Waals surface area contributed by atoms with Crippen LogP contribution in [0.2, 0.25) is 0 Å². The molecule has 2 heterocycles. The smallest absolute Gasteiger partial charge is 0.292 e. The molecule has 0 aromatic heterocycles. The molecule has 7 nitrogen and oxygen atoms in total. The summed E-state index contributed by atoms with van der Waals surface area (Å²) in [5.41, 5.74) is 1.18. The van der Waals surface area contributed by atoms with Crippen molar-refractivity contribution in [3.63, 3.8) is 0 Å². The van der Waals surface area contributed by atoms with Crippen molar-refractivity contribution in [3.05, 3.63) is 28.3 Å². The Morgan fingerprint density at radius 3 is 2.56 bits per heavy atom. The lowest BCUT2D eigenvalue weighted by molar-refractivity contribution is -0.383. The number of carbonyl (C=O) groups excluding carboxylic acids is 1. The highest BCUT2D eigenvalue weighted by Gasteiger charge is 2.23. The second kappa shape index (κ2) is 8.69. The fraction of sp³-hybridized carbons (Fsp3) is 0.650. The van der Waals surface area contributed by atoms with E-state index in [-0.39, 0.29) is 18.1 Å². The van der Waals surface area contributed by atoms with Gasteiger partial charge in [0.15, 0.2) is 0 Å². The Kier molecular flexibility index (Phi) is 6.31. The number of likely N-dealkylation sites (tertiary alicyclic amines) is 1. The van der Waals surface area contributed by atoms with Crippen molar-refractivity contribution in [3.8, 4) is 0 Å². The Hall–Kier alpha value is -2.15. The third-order valence-electron chi connectivity index (χ3n) is 5.58. The van der Waals surface area contributed by atoms with E-state index in [2.05, 4.69) is 29.0 Å². The number of nitrogens with zero attached hydrogens (tertiary/aromatic N) is 3. The molecule has 3 rings (SSSR count). The Morgan fingerprint density at radius 1 is 1.19 bits per heavy atom. The molecular weight excluding hydrogens is 344 g/mol. The maximum Gasteiger partial charge on any atom is 0.292 e. The first kappa shape index (κ1) is 19.6. The molecule has 27 heavy (non-hydrogen) atoms. The van der Waals surface area contributed by atoms with Crippen LogP contribution in [0.3, 0.4) is 0 Å². The number of rotatable bonds is 5. The maximum absolute atomic E-state index is 12.5. The summed E-state index contributed by atoms with van der Waals surface area (Å²) in [6, 6.07) is 5.05. The van der Waals surface area contributed by atoms with Crippen molar-refractivity contribution in [2.24, 2.45) is 11.8 Å². The standard InChI is InChI=1S/C20H30N4O3/c1-15-5-3-9-22(12-15)14-20(25)21-18-11-17(7-8-19(18)24(26)27)23-10-4-6-16(2)13-23/h7-8,11,15-16H,3-6,9-10,12-14H2,1-2H3,(H,21,25). The number of hydrogen-bond donors (Lipinski definition) is 1. The van der Waals surface area contributed by atoms with Crippen LogP contribution in [0.25, 0.3) is 0 Å². The highest BCUT2D eigenvalue weighted by molar-refractivity contribution is 5.95. The molecule has 1 amide bonds. The molecule has 2 aliphatic rings. The van der Waals surface area contributed by atoms with Crippen LogP contribution < -0.4 is 10.2 Å². The first-order chi connectivity index (χ1) is 12.9. The molecule has 1 aromatic rings. The van der Waals surface area contributed by atoms with Crippen molar-refractivity contribution < 1.29 is 9.72 Å². The number of nitro groups is 1. The van der Waals surface area contributed by atoms with Crippen LogP contribution in [0.4, 0.5) is 17.1 Å². The van der Waals surface area contributed by atoms with Crippen molar-refractivity contribution in [2.75, 3.05) is 42.9 Å². The topological polar surface area (TPSA) is 78.7 Å². The van der Waals surface area contributed by atoms with Crippen LogP contribution in [0.1, 0.15) is 39.5 Å². The van der Waals surface area contributed by atoms with Crippen molar-refractivity contribution in [1.82, 2.24) is 4.90 Å². The van der Waals surface area contributed by atoms with Gasteiger partial charge in [-0.25, -0.2) is 0 Å². The van der Waals surface area contributed by atoms with E-state index >= 15 is 0 Å². The first-order valence-corrected chi connectivity index (χ1v) is 9.98. The summed E-state index contributed by atoms with van der Waals surface area (Å²) >= 11 is 0. The summed E-state index contributed by atoms with van der Waals surface area (Å²) in [5, 5.41) is 14.2. The van der Waals surface area contributed by atoms with Crippen LogP contribution in [-0.2, 0) is 4.79 Å². The van der Waals surface area contributed by atoms with Gasteiger partial charge in [0.25, 0.3) is 5.69 Å². The lowest BCUT2D eigenvalue weighted by Gasteiger charge is -2.33. The van der Waals surface area contributed by atoms with Gasteiger partial charge in [-0.2, -0.15) is 0 Å². The second-order valence-electron chi connectivity index (χ2n) is 8.18. The number of piperidine rings is 2. The van der Waals surface area contributed by atoms with Crippen LogP contribution in [0.5, 0.6) is 0 Å². The molecule has 0 aliphatic carbocycles. The normalized spacial score (nSPS) is 23.9. The monoisotopic (exact) mass is 374 g/mol. The molecule has 148 valence electrons. The van der Waals surface area contributed by atoms with Crippen molar-refractivity contribution >= 4 is 23.0 Å². The molecule has 1 N–H and O–H groups in total. The zero-order chi connectivity index (χ0) is 19.4.